The van der Waals surface area contributed by atoms with Gasteiger partial charge in [0.1, 0.15) is 0 Å². The molecular weight excluding hydrogens is 264 g/mol. The Balaban J connectivity index is 2.12. The SMILES string of the molecule is CC1(C)CC(NC(=O)c2ccncc2NN)CC(C)(C)C1. The molecule has 5 heteroatoms. The van der Waals surface area contributed by atoms with Crippen molar-refractivity contribution in [3.63, 3.8) is 0 Å². The molecule has 1 aromatic heterocycles. The first-order chi connectivity index (χ1) is 9.72. The summed E-state index contributed by atoms with van der Waals surface area (Å²) in [6.45, 7) is 9.08. The first kappa shape index (κ1) is 15.8. The summed E-state index contributed by atoms with van der Waals surface area (Å²) < 4.78 is 0. The molecule has 4 N–H and O–H groups in total. The summed E-state index contributed by atoms with van der Waals surface area (Å²) in [7, 11) is 0. The molecule has 1 aliphatic carbocycles. The van der Waals surface area contributed by atoms with Gasteiger partial charge in [0.05, 0.1) is 17.4 Å². The van der Waals surface area contributed by atoms with Crippen molar-refractivity contribution in [2.24, 2.45) is 16.7 Å². The number of hydrazine groups is 1. The highest BCUT2D eigenvalue weighted by molar-refractivity contribution is 5.99. The fourth-order valence-corrected chi connectivity index (χ4v) is 3.92. The van der Waals surface area contributed by atoms with E-state index in [0.717, 1.165) is 12.8 Å². The molecule has 1 amide bonds. The van der Waals surface area contributed by atoms with Crippen molar-refractivity contribution in [3.05, 3.63) is 24.0 Å². The Kier molecular flexibility index (Phi) is 4.23. The third kappa shape index (κ3) is 3.94. The maximum absolute atomic E-state index is 12.5. The van der Waals surface area contributed by atoms with Gasteiger partial charge in [-0.1, -0.05) is 27.7 Å². The molecule has 1 aromatic rings. The Morgan fingerprint density at radius 1 is 1.29 bits per heavy atom. The smallest absolute Gasteiger partial charge is 0.253 e. The van der Waals surface area contributed by atoms with E-state index >= 15 is 0 Å². The second-order valence-electron chi connectivity index (χ2n) is 7.65. The van der Waals surface area contributed by atoms with E-state index in [1.54, 1.807) is 18.5 Å². The topological polar surface area (TPSA) is 80.0 Å². The van der Waals surface area contributed by atoms with Crippen LogP contribution in [0.25, 0.3) is 0 Å². The minimum atomic E-state index is -0.0937. The Morgan fingerprint density at radius 3 is 2.48 bits per heavy atom. The summed E-state index contributed by atoms with van der Waals surface area (Å²) in [5, 5.41) is 3.16. The molecule has 0 unspecified atom stereocenters. The Bertz CT molecular complexity index is 509. The van der Waals surface area contributed by atoms with E-state index in [1.807, 2.05) is 0 Å². The molecule has 0 aliphatic heterocycles. The number of carbonyl (C=O) groups excluding carboxylic acids is 1. The highest BCUT2D eigenvalue weighted by atomic mass is 16.1. The largest absolute Gasteiger partial charge is 0.349 e. The number of aromatic nitrogens is 1. The van der Waals surface area contributed by atoms with Crippen LogP contribution < -0.4 is 16.6 Å². The van der Waals surface area contributed by atoms with E-state index in [2.05, 4.69) is 43.4 Å². The summed E-state index contributed by atoms with van der Waals surface area (Å²) in [6.07, 6.45) is 6.34. The Morgan fingerprint density at radius 2 is 1.90 bits per heavy atom. The number of carbonyl (C=O) groups is 1. The van der Waals surface area contributed by atoms with E-state index in [9.17, 15) is 4.79 Å². The number of nitrogens with zero attached hydrogens (tertiary/aromatic N) is 1. The number of rotatable bonds is 3. The average Bonchev–Trinajstić information content (AvgIpc) is 2.34. The van der Waals surface area contributed by atoms with E-state index in [-0.39, 0.29) is 22.8 Å². The van der Waals surface area contributed by atoms with Crippen molar-refractivity contribution >= 4 is 11.6 Å². The predicted molar refractivity (Wildman–Crippen MR) is 84.7 cm³/mol. The van der Waals surface area contributed by atoms with Gasteiger partial charge in [-0.2, -0.15) is 0 Å². The summed E-state index contributed by atoms with van der Waals surface area (Å²) in [5.74, 6) is 5.34. The maximum Gasteiger partial charge on any atom is 0.253 e. The van der Waals surface area contributed by atoms with Crippen LogP contribution in [0, 0.1) is 10.8 Å². The van der Waals surface area contributed by atoms with Crippen LogP contribution >= 0.6 is 0 Å². The molecular formula is C16H26N4O. The quantitative estimate of drug-likeness (QED) is 0.590. The number of amides is 1. The standard InChI is InChI=1S/C16H26N4O/c1-15(2)7-11(8-16(3,4)10-15)19-14(21)12-5-6-18-9-13(12)20-17/h5-6,9,11,20H,7-8,10,17H2,1-4H3,(H,19,21). The second-order valence-corrected chi connectivity index (χ2v) is 7.65. The van der Waals surface area contributed by atoms with Gasteiger partial charge in [0.2, 0.25) is 0 Å². The molecule has 0 saturated heterocycles. The number of nitrogens with two attached hydrogens (primary N) is 1. The van der Waals surface area contributed by atoms with Gasteiger partial charge in [-0.25, -0.2) is 0 Å². The molecule has 0 bridgehead atoms. The van der Waals surface area contributed by atoms with Crippen LogP contribution in [0.5, 0.6) is 0 Å². The van der Waals surface area contributed by atoms with Crippen molar-refractivity contribution in [3.8, 4) is 0 Å². The molecule has 116 valence electrons. The molecule has 5 nitrogen and oxygen atoms in total. The number of nitrogen functional groups attached to an aromatic ring is 1. The zero-order valence-electron chi connectivity index (χ0n) is 13.4. The zero-order valence-corrected chi connectivity index (χ0v) is 13.4. The lowest BCUT2D eigenvalue weighted by atomic mass is 9.63. The first-order valence-electron chi connectivity index (χ1n) is 7.44. The maximum atomic E-state index is 12.5. The molecule has 1 aliphatic rings. The monoisotopic (exact) mass is 290 g/mol. The van der Waals surface area contributed by atoms with Gasteiger partial charge in [-0.3, -0.25) is 15.6 Å². The lowest BCUT2D eigenvalue weighted by molar-refractivity contribution is 0.0714. The first-order valence-corrected chi connectivity index (χ1v) is 7.44. The zero-order chi connectivity index (χ0) is 15.7. The Labute approximate surface area is 126 Å². The number of anilines is 1. The van der Waals surface area contributed by atoms with Gasteiger partial charge in [-0.05, 0) is 36.2 Å². The lowest BCUT2D eigenvalue weighted by Gasteiger charge is -2.45. The van der Waals surface area contributed by atoms with Crippen LogP contribution in [0.15, 0.2) is 18.5 Å². The van der Waals surface area contributed by atoms with Gasteiger partial charge in [0, 0.05) is 12.2 Å². The van der Waals surface area contributed by atoms with E-state index in [0.29, 0.717) is 11.3 Å². The van der Waals surface area contributed by atoms with E-state index in [4.69, 9.17) is 5.84 Å². The van der Waals surface area contributed by atoms with Crippen LogP contribution in [0.1, 0.15) is 57.3 Å². The lowest BCUT2D eigenvalue weighted by Crippen LogP contribution is -2.46. The summed E-state index contributed by atoms with van der Waals surface area (Å²) in [6, 6.07) is 1.87. The molecule has 1 saturated carbocycles. The number of hydrogen-bond donors (Lipinski definition) is 3. The van der Waals surface area contributed by atoms with Crippen LogP contribution in [-0.4, -0.2) is 16.9 Å². The second kappa shape index (κ2) is 5.64. The van der Waals surface area contributed by atoms with Crippen molar-refractivity contribution < 1.29 is 4.79 Å². The molecule has 2 rings (SSSR count). The third-order valence-corrected chi connectivity index (χ3v) is 4.11. The van der Waals surface area contributed by atoms with Crippen LogP contribution in [0.2, 0.25) is 0 Å². The highest BCUT2D eigenvalue weighted by Crippen LogP contribution is 2.45. The number of hydrogen-bond acceptors (Lipinski definition) is 4. The van der Waals surface area contributed by atoms with E-state index < -0.39 is 0 Å². The molecule has 1 heterocycles. The van der Waals surface area contributed by atoms with Crippen LogP contribution in [-0.2, 0) is 0 Å². The normalized spacial score (nSPS) is 20.8. The van der Waals surface area contributed by atoms with Gasteiger partial charge >= 0.3 is 0 Å². The summed E-state index contributed by atoms with van der Waals surface area (Å²) >= 11 is 0. The molecule has 0 aromatic carbocycles. The number of pyridine rings is 1. The highest BCUT2D eigenvalue weighted by Gasteiger charge is 2.39. The molecule has 0 spiro atoms. The summed E-state index contributed by atoms with van der Waals surface area (Å²) in [4.78, 5) is 16.4. The fourth-order valence-electron chi connectivity index (χ4n) is 3.92. The molecule has 0 radical (unpaired) electrons. The van der Waals surface area contributed by atoms with Gasteiger partial charge < -0.3 is 10.7 Å². The van der Waals surface area contributed by atoms with E-state index in [1.165, 1.54) is 6.42 Å². The minimum Gasteiger partial charge on any atom is -0.349 e. The minimum absolute atomic E-state index is 0.0937. The average molecular weight is 290 g/mol. The third-order valence-electron chi connectivity index (χ3n) is 4.11. The van der Waals surface area contributed by atoms with Gasteiger partial charge in [0.15, 0.2) is 0 Å². The molecule has 0 atom stereocenters. The van der Waals surface area contributed by atoms with Crippen LogP contribution in [0.4, 0.5) is 5.69 Å². The van der Waals surface area contributed by atoms with Gasteiger partial charge in [-0.15, -0.1) is 0 Å². The van der Waals surface area contributed by atoms with Gasteiger partial charge in [0.25, 0.3) is 5.91 Å². The van der Waals surface area contributed by atoms with Crippen molar-refractivity contribution in [1.29, 1.82) is 0 Å². The predicted octanol–water partition coefficient (Wildman–Crippen LogP) is 2.70. The number of nitrogens with one attached hydrogen (secondary N) is 2. The Hall–Kier alpha value is -1.62. The fraction of sp³-hybridized carbons (Fsp3) is 0.625. The summed E-state index contributed by atoms with van der Waals surface area (Å²) in [5.41, 5.74) is 4.09. The molecule has 1 fully saturated rings. The van der Waals surface area contributed by atoms with Crippen molar-refractivity contribution in [2.45, 2.75) is 53.0 Å². The van der Waals surface area contributed by atoms with Crippen LogP contribution in [0.3, 0.4) is 0 Å². The van der Waals surface area contributed by atoms with Crippen molar-refractivity contribution in [2.75, 3.05) is 5.43 Å². The van der Waals surface area contributed by atoms with Crippen molar-refractivity contribution in [1.82, 2.24) is 10.3 Å². The molecule has 21 heavy (non-hydrogen) atoms.